The molecular formula is C15H10FN3O2. The maximum Gasteiger partial charge on any atom is 0.260 e. The molecule has 5 nitrogen and oxygen atoms in total. The summed E-state index contributed by atoms with van der Waals surface area (Å²) in [5, 5.41) is 2.61. The van der Waals surface area contributed by atoms with E-state index in [-0.39, 0.29) is 5.56 Å². The number of hydrogen-bond donors (Lipinski definition) is 1. The quantitative estimate of drug-likeness (QED) is 0.750. The van der Waals surface area contributed by atoms with Crippen LogP contribution in [-0.2, 0) is 0 Å². The fraction of sp³-hybridized carbons (Fsp3) is 0. The second-order valence-corrected chi connectivity index (χ2v) is 4.24. The number of halogens is 1. The molecule has 2 aromatic heterocycles. The average Bonchev–Trinajstić information content (AvgIpc) is 3.02. The minimum atomic E-state index is -0.798. The van der Waals surface area contributed by atoms with Crippen molar-refractivity contribution in [2.24, 2.45) is 0 Å². The molecule has 3 aromatic rings. The average molecular weight is 283 g/mol. The number of carbonyl (C=O) groups is 1. The molecule has 0 aliphatic carbocycles. The van der Waals surface area contributed by atoms with Crippen molar-refractivity contribution in [1.82, 2.24) is 9.97 Å². The Morgan fingerprint density at radius 1 is 1.19 bits per heavy atom. The molecule has 21 heavy (non-hydrogen) atoms. The van der Waals surface area contributed by atoms with E-state index in [1.165, 1.54) is 24.7 Å². The monoisotopic (exact) mass is 283 g/mol. The molecule has 0 spiro atoms. The minimum Gasteiger partial charge on any atom is -0.444 e. The molecule has 0 atom stereocenters. The zero-order valence-electron chi connectivity index (χ0n) is 10.8. The summed E-state index contributed by atoms with van der Waals surface area (Å²) in [5.74, 6) is -0.715. The molecule has 6 heteroatoms. The molecule has 0 saturated carbocycles. The van der Waals surface area contributed by atoms with E-state index in [4.69, 9.17) is 4.42 Å². The van der Waals surface area contributed by atoms with E-state index in [2.05, 4.69) is 15.3 Å². The van der Waals surface area contributed by atoms with Crippen LogP contribution < -0.4 is 5.32 Å². The number of amides is 1. The summed E-state index contributed by atoms with van der Waals surface area (Å²) in [6, 6.07) is 9.82. The molecule has 0 bridgehead atoms. The normalized spacial score (nSPS) is 10.3. The second kappa shape index (κ2) is 5.54. The van der Waals surface area contributed by atoms with Gasteiger partial charge in [-0.05, 0) is 36.4 Å². The summed E-state index contributed by atoms with van der Waals surface area (Å²) >= 11 is 0. The lowest BCUT2D eigenvalue weighted by Gasteiger charge is -2.06. The number of rotatable bonds is 3. The number of pyridine rings is 1. The van der Waals surface area contributed by atoms with Crippen molar-refractivity contribution in [1.29, 1.82) is 0 Å². The highest BCUT2D eigenvalue weighted by molar-refractivity contribution is 6.04. The summed E-state index contributed by atoms with van der Waals surface area (Å²) in [6.07, 6.45) is 4.23. The van der Waals surface area contributed by atoms with Crippen LogP contribution in [0.5, 0.6) is 0 Å². The fourth-order valence-electron chi connectivity index (χ4n) is 1.83. The Morgan fingerprint density at radius 2 is 2.00 bits per heavy atom. The third kappa shape index (κ3) is 2.79. The van der Waals surface area contributed by atoms with E-state index in [1.54, 1.807) is 30.5 Å². The van der Waals surface area contributed by atoms with Crippen molar-refractivity contribution in [2.45, 2.75) is 0 Å². The van der Waals surface area contributed by atoms with Crippen LogP contribution in [0.2, 0.25) is 0 Å². The minimum absolute atomic E-state index is 0.100. The van der Waals surface area contributed by atoms with Gasteiger partial charge in [-0.2, -0.15) is 4.39 Å². The summed E-state index contributed by atoms with van der Waals surface area (Å²) in [4.78, 5) is 19.2. The van der Waals surface area contributed by atoms with E-state index < -0.39 is 11.9 Å². The molecule has 1 amide bonds. The van der Waals surface area contributed by atoms with Gasteiger partial charge in [0.05, 0.1) is 11.8 Å². The van der Waals surface area contributed by atoms with Crippen LogP contribution in [0.1, 0.15) is 10.4 Å². The smallest absolute Gasteiger partial charge is 0.260 e. The van der Waals surface area contributed by atoms with Crippen LogP contribution in [0.4, 0.5) is 10.1 Å². The Bertz CT molecular complexity index is 755. The SMILES string of the molecule is O=C(Nc1ccc(-c2cnco2)cc1)c1cccnc1F. The molecule has 0 saturated heterocycles. The Hall–Kier alpha value is -3.02. The van der Waals surface area contributed by atoms with Crippen LogP contribution in [0, 0.1) is 5.95 Å². The molecule has 0 unspecified atom stereocenters. The first-order chi connectivity index (χ1) is 10.2. The van der Waals surface area contributed by atoms with Gasteiger partial charge in [0.25, 0.3) is 5.91 Å². The van der Waals surface area contributed by atoms with Crippen molar-refractivity contribution in [3.63, 3.8) is 0 Å². The Labute approximate surface area is 119 Å². The second-order valence-electron chi connectivity index (χ2n) is 4.24. The van der Waals surface area contributed by atoms with Crippen LogP contribution in [0.15, 0.2) is 59.6 Å². The summed E-state index contributed by atoms with van der Waals surface area (Å²) in [7, 11) is 0. The Morgan fingerprint density at radius 3 is 2.67 bits per heavy atom. The predicted octanol–water partition coefficient (Wildman–Crippen LogP) is 3.13. The van der Waals surface area contributed by atoms with Crippen LogP contribution >= 0.6 is 0 Å². The zero-order chi connectivity index (χ0) is 14.7. The number of benzene rings is 1. The van der Waals surface area contributed by atoms with E-state index in [0.29, 0.717) is 11.4 Å². The van der Waals surface area contributed by atoms with Crippen LogP contribution in [0.25, 0.3) is 11.3 Å². The molecule has 2 heterocycles. The molecule has 104 valence electrons. The highest BCUT2D eigenvalue weighted by Gasteiger charge is 2.12. The summed E-state index contributed by atoms with van der Waals surface area (Å²) < 4.78 is 18.6. The van der Waals surface area contributed by atoms with Gasteiger partial charge in [0, 0.05) is 17.4 Å². The molecule has 3 rings (SSSR count). The van der Waals surface area contributed by atoms with Gasteiger partial charge in [-0.3, -0.25) is 4.79 Å². The summed E-state index contributed by atoms with van der Waals surface area (Å²) in [5.41, 5.74) is 1.28. The van der Waals surface area contributed by atoms with E-state index in [1.807, 2.05) is 0 Å². The maximum atomic E-state index is 13.4. The van der Waals surface area contributed by atoms with Gasteiger partial charge in [0.1, 0.15) is 0 Å². The molecule has 1 N–H and O–H groups in total. The number of anilines is 1. The highest BCUT2D eigenvalue weighted by atomic mass is 19.1. The Kier molecular flexibility index (Phi) is 3.42. The van der Waals surface area contributed by atoms with Gasteiger partial charge in [0.2, 0.25) is 5.95 Å². The number of hydrogen-bond acceptors (Lipinski definition) is 4. The molecular weight excluding hydrogens is 273 g/mol. The van der Waals surface area contributed by atoms with Crippen LogP contribution in [-0.4, -0.2) is 15.9 Å². The van der Waals surface area contributed by atoms with E-state index in [9.17, 15) is 9.18 Å². The zero-order valence-corrected chi connectivity index (χ0v) is 10.8. The van der Waals surface area contributed by atoms with Crippen molar-refractivity contribution in [3.05, 3.63) is 66.7 Å². The van der Waals surface area contributed by atoms with Crippen molar-refractivity contribution >= 4 is 11.6 Å². The largest absolute Gasteiger partial charge is 0.444 e. The van der Waals surface area contributed by atoms with Gasteiger partial charge in [0.15, 0.2) is 12.2 Å². The van der Waals surface area contributed by atoms with Gasteiger partial charge in [-0.1, -0.05) is 0 Å². The molecule has 0 aliphatic rings. The third-order valence-electron chi connectivity index (χ3n) is 2.86. The standard InChI is InChI=1S/C15H10FN3O2/c16-14-12(2-1-7-18-14)15(20)19-11-5-3-10(4-6-11)13-8-17-9-21-13/h1-9H,(H,19,20). The number of nitrogens with one attached hydrogen (secondary N) is 1. The van der Waals surface area contributed by atoms with Crippen molar-refractivity contribution in [3.8, 4) is 11.3 Å². The number of carbonyl (C=O) groups excluding carboxylic acids is 1. The molecule has 0 radical (unpaired) electrons. The highest BCUT2D eigenvalue weighted by Crippen LogP contribution is 2.21. The first-order valence-corrected chi connectivity index (χ1v) is 6.15. The first-order valence-electron chi connectivity index (χ1n) is 6.15. The van der Waals surface area contributed by atoms with Gasteiger partial charge in [-0.15, -0.1) is 0 Å². The van der Waals surface area contributed by atoms with Gasteiger partial charge < -0.3 is 9.73 Å². The van der Waals surface area contributed by atoms with E-state index >= 15 is 0 Å². The maximum absolute atomic E-state index is 13.4. The third-order valence-corrected chi connectivity index (χ3v) is 2.86. The fourth-order valence-corrected chi connectivity index (χ4v) is 1.83. The van der Waals surface area contributed by atoms with Crippen molar-refractivity contribution in [2.75, 3.05) is 5.32 Å². The van der Waals surface area contributed by atoms with Gasteiger partial charge >= 0.3 is 0 Å². The lowest BCUT2D eigenvalue weighted by molar-refractivity contribution is 0.102. The first kappa shape index (κ1) is 13.0. The molecule has 0 aliphatic heterocycles. The van der Waals surface area contributed by atoms with Crippen molar-refractivity contribution < 1.29 is 13.6 Å². The van der Waals surface area contributed by atoms with Crippen LogP contribution in [0.3, 0.4) is 0 Å². The topological polar surface area (TPSA) is 68.0 Å². The number of nitrogens with zero attached hydrogens (tertiary/aromatic N) is 2. The molecule has 1 aromatic carbocycles. The summed E-state index contributed by atoms with van der Waals surface area (Å²) in [6.45, 7) is 0. The van der Waals surface area contributed by atoms with E-state index in [0.717, 1.165) is 5.56 Å². The number of aromatic nitrogens is 2. The predicted molar refractivity (Wildman–Crippen MR) is 74.1 cm³/mol. The lowest BCUT2D eigenvalue weighted by atomic mass is 10.1. The number of oxazole rings is 1. The Balaban J connectivity index is 1.77. The lowest BCUT2D eigenvalue weighted by Crippen LogP contribution is -2.14. The molecule has 0 fully saturated rings. The van der Waals surface area contributed by atoms with Gasteiger partial charge in [-0.25, -0.2) is 9.97 Å².